The minimum atomic E-state index is 0. The summed E-state index contributed by atoms with van der Waals surface area (Å²) in [6, 6.07) is 10.2. The number of nitrogens with one attached hydrogen (secondary N) is 1. The second kappa shape index (κ2) is 4.29. The molecule has 0 fully saturated rings. The molecule has 0 amide bonds. The average molecular weight is 209 g/mol. The molecule has 0 unspecified atom stereocenters. The monoisotopic (exact) mass is 208 g/mol. The van der Waals surface area contributed by atoms with Gasteiger partial charge in [0.15, 0.2) is 0 Å². The third kappa shape index (κ3) is 1.96. The highest BCUT2D eigenvalue weighted by Crippen LogP contribution is 2.19. The third-order valence-corrected chi connectivity index (χ3v) is 2.05. The molecule has 0 spiro atoms. The molecule has 0 aliphatic carbocycles. The summed E-state index contributed by atoms with van der Waals surface area (Å²) in [7, 11) is 0. The molecule has 2 aromatic rings. The van der Waals surface area contributed by atoms with Crippen LogP contribution in [0.5, 0.6) is 0 Å². The van der Waals surface area contributed by atoms with E-state index in [1.165, 1.54) is 5.56 Å². The van der Waals surface area contributed by atoms with Gasteiger partial charge in [-0.25, -0.2) is 4.98 Å². The van der Waals surface area contributed by atoms with Crippen LogP contribution in [0.4, 0.5) is 0 Å². The largest absolute Gasteiger partial charge is 0.346 e. The summed E-state index contributed by atoms with van der Waals surface area (Å²) >= 11 is 0. The van der Waals surface area contributed by atoms with Gasteiger partial charge in [0.25, 0.3) is 0 Å². The molecule has 14 heavy (non-hydrogen) atoms. The fraction of sp³-hybridized carbons (Fsp3) is 0.182. The predicted octanol–water partition coefficient (Wildman–Crippen LogP) is 3.12. The third-order valence-electron chi connectivity index (χ3n) is 2.05. The topological polar surface area (TPSA) is 28.7 Å². The summed E-state index contributed by atoms with van der Waals surface area (Å²) in [6.07, 6.45) is 0. The van der Waals surface area contributed by atoms with E-state index in [9.17, 15) is 0 Å². The van der Waals surface area contributed by atoms with Crippen LogP contribution in [0.3, 0.4) is 0 Å². The van der Waals surface area contributed by atoms with Gasteiger partial charge in [0.1, 0.15) is 5.82 Å². The molecule has 0 atom stereocenters. The molecule has 0 aliphatic rings. The molecule has 2 rings (SSSR count). The number of rotatable bonds is 1. The smallest absolute Gasteiger partial charge is 0.103 e. The van der Waals surface area contributed by atoms with E-state index in [0.29, 0.717) is 0 Å². The Labute approximate surface area is 89.8 Å². The number of benzene rings is 1. The van der Waals surface area contributed by atoms with Crippen molar-refractivity contribution in [3.63, 3.8) is 0 Å². The van der Waals surface area contributed by atoms with Crippen LogP contribution in [0.2, 0.25) is 0 Å². The lowest BCUT2D eigenvalue weighted by molar-refractivity contribution is 1.13. The molecule has 0 bridgehead atoms. The Kier molecular flexibility index (Phi) is 3.31. The van der Waals surface area contributed by atoms with E-state index in [4.69, 9.17) is 0 Å². The minimum absolute atomic E-state index is 0. The normalized spacial score (nSPS) is 9.57. The fourth-order valence-electron chi connectivity index (χ4n) is 1.49. The van der Waals surface area contributed by atoms with Crippen LogP contribution in [0, 0.1) is 13.8 Å². The summed E-state index contributed by atoms with van der Waals surface area (Å²) in [4.78, 5) is 7.62. The first-order valence-electron chi connectivity index (χ1n) is 4.36. The zero-order chi connectivity index (χ0) is 9.26. The first kappa shape index (κ1) is 10.8. The van der Waals surface area contributed by atoms with Gasteiger partial charge in [-0.2, -0.15) is 0 Å². The van der Waals surface area contributed by atoms with Gasteiger partial charge in [-0.3, -0.25) is 0 Å². The van der Waals surface area contributed by atoms with Crippen molar-refractivity contribution in [3.8, 4) is 11.3 Å². The first-order valence-corrected chi connectivity index (χ1v) is 4.36. The zero-order valence-corrected chi connectivity index (χ0v) is 9.06. The van der Waals surface area contributed by atoms with Crippen LogP contribution < -0.4 is 0 Å². The number of aromatic nitrogens is 2. The minimum Gasteiger partial charge on any atom is -0.346 e. The molecule has 3 heteroatoms. The van der Waals surface area contributed by atoms with Crippen LogP contribution in [0.15, 0.2) is 30.3 Å². The van der Waals surface area contributed by atoms with Crippen molar-refractivity contribution >= 4 is 12.4 Å². The second-order valence-electron chi connectivity index (χ2n) is 3.16. The number of aryl methyl sites for hydroxylation is 2. The van der Waals surface area contributed by atoms with Crippen LogP contribution in [-0.4, -0.2) is 9.97 Å². The predicted molar refractivity (Wildman–Crippen MR) is 60.7 cm³/mol. The molecule has 0 saturated heterocycles. The van der Waals surface area contributed by atoms with Crippen LogP contribution >= 0.6 is 12.4 Å². The number of H-pyrrole nitrogens is 1. The molecule has 1 aromatic carbocycles. The highest BCUT2D eigenvalue weighted by molar-refractivity contribution is 5.85. The second-order valence-corrected chi connectivity index (χ2v) is 3.16. The maximum atomic E-state index is 4.42. The summed E-state index contributed by atoms with van der Waals surface area (Å²) in [5.74, 6) is 0.969. The van der Waals surface area contributed by atoms with Crippen molar-refractivity contribution in [2.45, 2.75) is 13.8 Å². The van der Waals surface area contributed by atoms with Crippen molar-refractivity contribution in [1.82, 2.24) is 9.97 Å². The van der Waals surface area contributed by atoms with E-state index < -0.39 is 0 Å². The molecule has 0 radical (unpaired) electrons. The summed E-state index contributed by atoms with van der Waals surface area (Å²) in [5.41, 5.74) is 3.35. The van der Waals surface area contributed by atoms with E-state index in [1.807, 2.05) is 32.0 Å². The lowest BCUT2D eigenvalue weighted by Crippen LogP contribution is -1.79. The molecule has 1 aromatic heterocycles. The van der Waals surface area contributed by atoms with Gasteiger partial charge < -0.3 is 4.98 Å². The van der Waals surface area contributed by atoms with E-state index in [2.05, 4.69) is 22.1 Å². The number of aromatic amines is 1. The Balaban J connectivity index is 0.000000980. The van der Waals surface area contributed by atoms with Gasteiger partial charge in [-0.15, -0.1) is 12.4 Å². The Morgan fingerprint density at radius 3 is 2.21 bits per heavy atom. The van der Waals surface area contributed by atoms with E-state index >= 15 is 0 Å². The van der Waals surface area contributed by atoms with Gasteiger partial charge in [0.05, 0.1) is 5.69 Å². The Morgan fingerprint density at radius 2 is 1.71 bits per heavy atom. The maximum Gasteiger partial charge on any atom is 0.103 e. The molecule has 1 N–H and O–H groups in total. The Hall–Kier alpha value is -1.28. The number of halogens is 1. The van der Waals surface area contributed by atoms with Gasteiger partial charge in [-0.05, 0) is 13.8 Å². The summed E-state index contributed by atoms with van der Waals surface area (Å²) < 4.78 is 0. The van der Waals surface area contributed by atoms with Crippen LogP contribution in [0.25, 0.3) is 11.3 Å². The molecule has 0 saturated carbocycles. The first-order chi connectivity index (χ1) is 6.27. The van der Waals surface area contributed by atoms with E-state index in [1.54, 1.807) is 0 Å². The van der Waals surface area contributed by atoms with Crippen molar-refractivity contribution in [2.24, 2.45) is 0 Å². The maximum absolute atomic E-state index is 4.42. The number of nitrogens with zero attached hydrogens (tertiary/aromatic N) is 1. The number of imidazole rings is 1. The molecule has 1 heterocycles. The molecular weight excluding hydrogens is 196 g/mol. The van der Waals surface area contributed by atoms with Crippen molar-refractivity contribution in [1.29, 1.82) is 0 Å². The summed E-state index contributed by atoms with van der Waals surface area (Å²) in [6.45, 7) is 4.02. The quantitative estimate of drug-likeness (QED) is 0.767. The average Bonchev–Trinajstić information content (AvgIpc) is 2.47. The fourth-order valence-corrected chi connectivity index (χ4v) is 1.49. The molecular formula is C11H13ClN2. The highest BCUT2D eigenvalue weighted by atomic mass is 35.5. The molecule has 0 aliphatic heterocycles. The van der Waals surface area contributed by atoms with Crippen molar-refractivity contribution < 1.29 is 0 Å². The van der Waals surface area contributed by atoms with Crippen molar-refractivity contribution in [2.75, 3.05) is 0 Å². The zero-order valence-electron chi connectivity index (χ0n) is 8.24. The van der Waals surface area contributed by atoms with Crippen LogP contribution in [-0.2, 0) is 0 Å². The lowest BCUT2D eigenvalue weighted by Gasteiger charge is -1.96. The SMILES string of the molecule is Cc1nc(-c2ccccc2)c(C)[nH]1.Cl. The van der Waals surface area contributed by atoms with Gasteiger partial charge >= 0.3 is 0 Å². The Bertz CT molecular complexity index is 406. The Morgan fingerprint density at radius 1 is 1.07 bits per heavy atom. The van der Waals surface area contributed by atoms with E-state index in [0.717, 1.165) is 17.2 Å². The lowest BCUT2D eigenvalue weighted by atomic mass is 10.1. The summed E-state index contributed by atoms with van der Waals surface area (Å²) in [5, 5.41) is 0. The van der Waals surface area contributed by atoms with Gasteiger partial charge in [0.2, 0.25) is 0 Å². The molecule has 2 nitrogen and oxygen atoms in total. The standard InChI is InChI=1S/C11H12N2.ClH/c1-8-11(13-9(2)12-8)10-6-4-3-5-7-10;/h3-7H,1-2H3,(H,12,13);1H. The van der Waals surface area contributed by atoms with Gasteiger partial charge in [-0.1, -0.05) is 30.3 Å². The van der Waals surface area contributed by atoms with Crippen LogP contribution in [0.1, 0.15) is 11.5 Å². The highest BCUT2D eigenvalue weighted by Gasteiger charge is 2.04. The van der Waals surface area contributed by atoms with Gasteiger partial charge in [0, 0.05) is 11.3 Å². The number of hydrogen-bond donors (Lipinski definition) is 1. The molecule has 74 valence electrons. The van der Waals surface area contributed by atoms with Crippen molar-refractivity contribution in [3.05, 3.63) is 41.9 Å². The number of hydrogen-bond acceptors (Lipinski definition) is 1. The van der Waals surface area contributed by atoms with E-state index in [-0.39, 0.29) is 12.4 Å².